The average Bonchev–Trinajstić information content (AvgIpc) is 2.75. The van der Waals surface area contributed by atoms with E-state index in [1.54, 1.807) is 60.8 Å². The molecule has 0 aliphatic rings. The van der Waals surface area contributed by atoms with Crippen LogP contribution in [-0.4, -0.2) is 31.1 Å². The van der Waals surface area contributed by atoms with E-state index in [1.165, 1.54) is 18.3 Å². The van der Waals surface area contributed by atoms with Gasteiger partial charge in [-0.25, -0.2) is 4.98 Å². The van der Waals surface area contributed by atoms with Gasteiger partial charge < -0.3 is 15.3 Å². The summed E-state index contributed by atoms with van der Waals surface area (Å²) in [4.78, 5) is 21.1. The Morgan fingerprint density at radius 3 is 2.48 bits per heavy atom. The highest BCUT2D eigenvalue weighted by Gasteiger charge is 2.16. The van der Waals surface area contributed by atoms with Crippen LogP contribution in [0.4, 0.5) is 0 Å². The van der Waals surface area contributed by atoms with E-state index in [2.05, 4.69) is 9.97 Å². The second kappa shape index (κ2) is 7.44. The Kier molecular flexibility index (Phi) is 4.66. The molecule has 6 nitrogen and oxygen atoms in total. The topological polar surface area (TPSA) is 104 Å². The fraction of sp³-hybridized carbons (Fsp3) is 0. The molecule has 142 valence electrons. The van der Waals surface area contributed by atoms with E-state index >= 15 is 0 Å². The van der Waals surface area contributed by atoms with E-state index in [0.717, 1.165) is 0 Å². The molecule has 0 saturated heterocycles. The molecule has 0 saturated carbocycles. The fourth-order valence-corrected chi connectivity index (χ4v) is 2.94. The van der Waals surface area contributed by atoms with Crippen LogP contribution in [0.1, 0.15) is 27.2 Å². The molecule has 0 bridgehead atoms. The van der Waals surface area contributed by atoms with Crippen molar-refractivity contribution in [2.24, 2.45) is 0 Å². The molecule has 3 N–H and O–H groups in total. The highest BCUT2D eigenvalue weighted by Crippen LogP contribution is 2.30. The van der Waals surface area contributed by atoms with Crippen LogP contribution < -0.4 is 0 Å². The Balaban J connectivity index is 1.71. The van der Waals surface area contributed by atoms with Crippen LogP contribution >= 0.6 is 0 Å². The van der Waals surface area contributed by atoms with Gasteiger partial charge in [-0.05, 0) is 48.0 Å². The van der Waals surface area contributed by atoms with Gasteiger partial charge in [-0.3, -0.25) is 9.78 Å². The largest absolute Gasteiger partial charge is 0.505 e. The SMILES string of the molecule is O=C(c1cccnc1)c1ccc2ccc(/C=C/c3ccc(O)c(O)c3)nc2c1O. The number of hydrogen-bond donors (Lipinski definition) is 3. The summed E-state index contributed by atoms with van der Waals surface area (Å²) >= 11 is 0. The summed E-state index contributed by atoms with van der Waals surface area (Å²) in [6.45, 7) is 0. The molecule has 4 aromatic rings. The summed E-state index contributed by atoms with van der Waals surface area (Å²) in [6, 6.07) is 14.6. The molecule has 2 aromatic carbocycles. The predicted octanol–water partition coefficient (Wildman–Crippen LogP) is 4.15. The van der Waals surface area contributed by atoms with Crippen LogP contribution in [-0.2, 0) is 0 Å². The molecule has 0 aliphatic carbocycles. The van der Waals surface area contributed by atoms with E-state index < -0.39 is 0 Å². The number of phenolic OH excluding ortho intramolecular Hbond substituents is 3. The highest BCUT2D eigenvalue weighted by molar-refractivity contribution is 6.13. The molecule has 2 heterocycles. The Labute approximate surface area is 166 Å². The minimum Gasteiger partial charge on any atom is -0.505 e. The maximum atomic E-state index is 12.7. The Bertz CT molecular complexity index is 1250. The van der Waals surface area contributed by atoms with Gasteiger partial charge in [0, 0.05) is 23.3 Å². The first-order chi connectivity index (χ1) is 14.0. The van der Waals surface area contributed by atoms with Crippen molar-refractivity contribution >= 4 is 28.8 Å². The summed E-state index contributed by atoms with van der Waals surface area (Å²) in [5.74, 6) is -0.926. The van der Waals surface area contributed by atoms with E-state index in [0.29, 0.717) is 27.7 Å². The monoisotopic (exact) mass is 384 g/mol. The highest BCUT2D eigenvalue weighted by atomic mass is 16.3. The summed E-state index contributed by atoms with van der Waals surface area (Å²) in [6.07, 6.45) is 6.45. The summed E-state index contributed by atoms with van der Waals surface area (Å²) < 4.78 is 0. The number of benzene rings is 2. The molecule has 2 aromatic heterocycles. The van der Waals surface area contributed by atoms with Crippen LogP contribution in [0.15, 0.2) is 67.0 Å². The average molecular weight is 384 g/mol. The second-order valence-electron chi connectivity index (χ2n) is 6.42. The number of carbonyl (C=O) groups excluding carboxylic acids is 1. The molecule has 0 amide bonds. The third kappa shape index (κ3) is 3.64. The zero-order valence-electron chi connectivity index (χ0n) is 15.1. The summed E-state index contributed by atoms with van der Waals surface area (Å²) in [7, 11) is 0. The number of carbonyl (C=O) groups is 1. The van der Waals surface area contributed by atoms with Crippen molar-refractivity contribution in [1.29, 1.82) is 0 Å². The van der Waals surface area contributed by atoms with Crippen LogP contribution in [0, 0.1) is 0 Å². The van der Waals surface area contributed by atoms with E-state index in [4.69, 9.17) is 0 Å². The first kappa shape index (κ1) is 18.2. The van der Waals surface area contributed by atoms with Gasteiger partial charge >= 0.3 is 0 Å². The molecule has 0 radical (unpaired) electrons. The standard InChI is InChI=1S/C23H16N2O4/c26-19-10-4-14(12-20(19)27)3-7-17-8-5-15-6-9-18(23(29)21(15)25-17)22(28)16-2-1-11-24-13-16/h1-13,26-27,29H/b7-3+. The molecule has 6 heteroatoms. The smallest absolute Gasteiger partial charge is 0.198 e. The lowest BCUT2D eigenvalue weighted by atomic mass is 10.0. The van der Waals surface area contributed by atoms with Crippen LogP contribution in [0.3, 0.4) is 0 Å². The van der Waals surface area contributed by atoms with Gasteiger partial charge in [-0.15, -0.1) is 0 Å². The zero-order chi connectivity index (χ0) is 20.4. The lowest BCUT2D eigenvalue weighted by molar-refractivity contribution is 0.103. The lowest BCUT2D eigenvalue weighted by Gasteiger charge is -2.07. The van der Waals surface area contributed by atoms with Crippen molar-refractivity contribution in [2.45, 2.75) is 0 Å². The third-order valence-electron chi connectivity index (χ3n) is 4.47. The molecule has 0 fully saturated rings. The molecular weight excluding hydrogens is 368 g/mol. The van der Waals surface area contributed by atoms with Crippen LogP contribution in [0.2, 0.25) is 0 Å². The van der Waals surface area contributed by atoms with E-state index in [9.17, 15) is 20.1 Å². The number of fused-ring (bicyclic) bond motifs is 1. The second-order valence-corrected chi connectivity index (χ2v) is 6.42. The number of hydrogen-bond acceptors (Lipinski definition) is 6. The summed E-state index contributed by atoms with van der Waals surface area (Å²) in [5.41, 5.74) is 2.08. The third-order valence-corrected chi connectivity index (χ3v) is 4.47. The van der Waals surface area contributed by atoms with Crippen molar-refractivity contribution in [2.75, 3.05) is 0 Å². The molecule has 4 rings (SSSR count). The van der Waals surface area contributed by atoms with Crippen LogP contribution in [0.5, 0.6) is 17.2 Å². The molecule has 0 aliphatic heterocycles. The van der Waals surface area contributed by atoms with Gasteiger partial charge in [0.1, 0.15) is 5.52 Å². The van der Waals surface area contributed by atoms with E-state index in [1.807, 2.05) is 0 Å². The van der Waals surface area contributed by atoms with Gasteiger partial charge in [0.05, 0.1) is 11.3 Å². The number of aromatic hydroxyl groups is 3. The number of rotatable bonds is 4. The van der Waals surface area contributed by atoms with Gasteiger partial charge in [0.2, 0.25) is 0 Å². The minimum absolute atomic E-state index is 0.155. The number of nitrogens with zero attached hydrogens (tertiary/aromatic N) is 2. The van der Waals surface area contributed by atoms with Gasteiger partial charge in [-0.2, -0.15) is 0 Å². The first-order valence-corrected chi connectivity index (χ1v) is 8.80. The lowest BCUT2D eigenvalue weighted by Crippen LogP contribution is -2.02. The fourth-order valence-electron chi connectivity index (χ4n) is 2.94. The number of pyridine rings is 2. The first-order valence-electron chi connectivity index (χ1n) is 8.80. The van der Waals surface area contributed by atoms with Crippen molar-refractivity contribution in [3.05, 3.63) is 89.4 Å². The molecule has 29 heavy (non-hydrogen) atoms. The molecule has 0 unspecified atom stereocenters. The van der Waals surface area contributed by atoms with Gasteiger partial charge in [0.15, 0.2) is 23.0 Å². The quantitative estimate of drug-likeness (QED) is 0.361. The van der Waals surface area contributed by atoms with Gasteiger partial charge in [0.25, 0.3) is 0 Å². The summed E-state index contributed by atoms with van der Waals surface area (Å²) in [5, 5.41) is 30.3. The maximum Gasteiger partial charge on any atom is 0.198 e. The normalized spacial score (nSPS) is 11.2. The number of phenols is 3. The zero-order valence-corrected chi connectivity index (χ0v) is 15.1. The Morgan fingerprint density at radius 1 is 0.897 bits per heavy atom. The van der Waals surface area contributed by atoms with Gasteiger partial charge in [-0.1, -0.05) is 24.3 Å². The van der Waals surface area contributed by atoms with E-state index in [-0.39, 0.29) is 28.6 Å². The van der Waals surface area contributed by atoms with Crippen molar-refractivity contribution in [3.8, 4) is 17.2 Å². The maximum absolute atomic E-state index is 12.7. The number of ketones is 1. The van der Waals surface area contributed by atoms with Crippen molar-refractivity contribution < 1.29 is 20.1 Å². The Morgan fingerprint density at radius 2 is 1.72 bits per heavy atom. The van der Waals surface area contributed by atoms with Crippen LogP contribution in [0.25, 0.3) is 23.1 Å². The molecule has 0 spiro atoms. The number of aromatic nitrogens is 2. The Hall–Kier alpha value is -4.19. The van der Waals surface area contributed by atoms with Crippen molar-refractivity contribution in [3.63, 3.8) is 0 Å². The predicted molar refractivity (Wildman–Crippen MR) is 110 cm³/mol. The van der Waals surface area contributed by atoms with Crippen molar-refractivity contribution in [1.82, 2.24) is 9.97 Å². The molecule has 0 atom stereocenters. The molecular formula is C23H16N2O4. The minimum atomic E-state index is -0.334.